The van der Waals surface area contributed by atoms with Gasteiger partial charge >= 0.3 is 0 Å². The molecular formula is C19H19ClN6O2. The van der Waals surface area contributed by atoms with Crippen molar-refractivity contribution in [2.24, 2.45) is 0 Å². The number of halogens is 1. The molecule has 0 spiro atoms. The maximum absolute atomic E-state index is 13.0. The Balaban J connectivity index is 1.70. The molecule has 1 aliphatic rings. The predicted molar refractivity (Wildman–Crippen MR) is 107 cm³/mol. The van der Waals surface area contributed by atoms with E-state index in [1.807, 2.05) is 18.2 Å². The van der Waals surface area contributed by atoms with E-state index < -0.39 is 0 Å². The Morgan fingerprint density at radius 3 is 2.71 bits per heavy atom. The van der Waals surface area contributed by atoms with Crippen molar-refractivity contribution in [3.05, 3.63) is 53.3 Å². The van der Waals surface area contributed by atoms with Crippen LogP contribution in [0, 0.1) is 0 Å². The minimum absolute atomic E-state index is 0.275. The number of benzene rings is 2. The second kappa shape index (κ2) is 7.85. The average Bonchev–Trinajstić information content (AvgIpc) is 3.41. The van der Waals surface area contributed by atoms with Crippen LogP contribution in [0.3, 0.4) is 0 Å². The van der Waals surface area contributed by atoms with Gasteiger partial charge in [-0.05, 0) is 59.7 Å². The third kappa shape index (κ3) is 3.63. The average molecular weight is 399 g/mol. The summed E-state index contributed by atoms with van der Waals surface area (Å²) in [6, 6.07) is 10.7. The first-order chi connectivity index (χ1) is 13.7. The van der Waals surface area contributed by atoms with Gasteiger partial charge in [0.1, 0.15) is 12.1 Å². The number of aromatic nitrogens is 4. The summed E-state index contributed by atoms with van der Waals surface area (Å²) in [6.07, 6.45) is 3.78. The SMILES string of the molecule is COc1cc(Cl)ccc1C(=O)Nc1cc(-n2cnnn2)ccc1N1CCCC1. The number of ether oxygens (including phenoxy) is 1. The van der Waals surface area contributed by atoms with Crippen molar-refractivity contribution in [3.8, 4) is 11.4 Å². The summed E-state index contributed by atoms with van der Waals surface area (Å²) in [7, 11) is 1.51. The molecule has 28 heavy (non-hydrogen) atoms. The summed E-state index contributed by atoms with van der Waals surface area (Å²) in [5.74, 6) is 0.146. The van der Waals surface area contributed by atoms with Crippen LogP contribution in [0.1, 0.15) is 23.2 Å². The number of nitrogens with zero attached hydrogens (tertiary/aromatic N) is 5. The highest BCUT2D eigenvalue weighted by Crippen LogP contribution is 2.32. The number of methoxy groups -OCH3 is 1. The topological polar surface area (TPSA) is 85.2 Å². The van der Waals surface area contributed by atoms with Crippen LogP contribution in [0.2, 0.25) is 5.02 Å². The molecule has 0 saturated carbocycles. The van der Waals surface area contributed by atoms with E-state index in [4.69, 9.17) is 16.3 Å². The fourth-order valence-electron chi connectivity index (χ4n) is 3.32. The van der Waals surface area contributed by atoms with Crippen LogP contribution in [0.5, 0.6) is 5.75 Å². The van der Waals surface area contributed by atoms with E-state index in [0.29, 0.717) is 22.0 Å². The molecule has 1 fully saturated rings. The Morgan fingerprint density at radius 2 is 2.00 bits per heavy atom. The van der Waals surface area contributed by atoms with Gasteiger partial charge in [0.2, 0.25) is 0 Å². The maximum atomic E-state index is 13.0. The summed E-state index contributed by atoms with van der Waals surface area (Å²) >= 11 is 6.01. The van der Waals surface area contributed by atoms with E-state index in [1.54, 1.807) is 22.9 Å². The van der Waals surface area contributed by atoms with Gasteiger partial charge in [-0.15, -0.1) is 5.10 Å². The normalized spacial score (nSPS) is 13.6. The summed E-state index contributed by atoms with van der Waals surface area (Å²) in [5, 5.41) is 14.8. The van der Waals surface area contributed by atoms with Crippen molar-refractivity contribution < 1.29 is 9.53 Å². The lowest BCUT2D eigenvalue weighted by molar-refractivity contribution is 0.102. The number of nitrogens with one attached hydrogen (secondary N) is 1. The summed E-state index contributed by atoms with van der Waals surface area (Å²) in [4.78, 5) is 15.2. The highest BCUT2D eigenvalue weighted by molar-refractivity contribution is 6.31. The highest BCUT2D eigenvalue weighted by Gasteiger charge is 2.20. The molecule has 0 unspecified atom stereocenters. The quantitative estimate of drug-likeness (QED) is 0.710. The number of carbonyl (C=O) groups excluding carboxylic acids is 1. The zero-order valence-corrected chi connectivity index (χ0v) is 16.1. The van der Waals surface area contributed by atoms with Crippen LogP contribution >= 0.6 is 11.6 Å². The van der Waals surface area contributed by atoms with Crippen LogP contribution in [-0.4, -0.2) is 46.3 Å². The Morgan fingerprint density at radius 1 is 1.18 bits per heavy atom. The van der Waals surface area contributed by atoms with Crippen LogP contribution in [0.25, 0.3) is 5.69 Å². The molecule has 0 radical (unpaired) electrons. The van der Waals surface area contributed by atoms with Crippen molar-refractivity contribution in [3.63, 3.8) is 0 Å². The predicted octanol–water partition coefficient (Wildman–Crippen LogP) is 3.18. The van der Waals surface area contributed by atoms with Gasteiger partial charge in [-0.1, -0.05) is 11.6 Å². The zero-order valence-electron chi connectivity index (χ0n) is 15.3. The fourth-order valence-corrected chi connectivity index (χ4v) is 3.48. The summed E-state index contributed by atoms with van der Waals surface area (Å²) < 4.78 is 6.86. The zero-order chi connectivity index (χ0) is 19.5. The smallest absolute Gasteiger partial charge is 0.259 e. The third-order valence-corrected chi connectivity index (χ3v) is 4.93. The van der Waals surface area contributed by atoms with Gasteiger partial charge in [0.15, 0.2) is 0 Å². The lowest BCUT2D eigenvalue weighted by Crippen LogP contribution is -2.21. The molecule has 4 rings (SSSR count). The van der Waals surface area contributed by atoms with Crippen molar-refractivity contribution in [1.29, 1.82) is 0 Å². The third-order valence-electron chi connectivity index (χ3n) is 4.70. The molecule has 0 bridgehead atoms. The monoisotopic (exact) mass is 398 g/mol. The molecule has 1 amide bonds. The number of hydrogen-bond acceptors (Lipinski definition) is 6. The maximum Gasteiger partial charge on any atom is 0.259 e. The van der Waals surface area contributed by atoms with Crippen LogP contribution in [0.15, 0.2) is 42.7 Å². The first-order valence-corrected chi connectivity index (χ1v) is 9.31. The van der Waals surface area contributed by atoms with E-state index in [2.05, 4.69) is 25.7 Å². The molecule has 0 atom stereocenters. The molecule has 0 aliphatic carbocycles. The fraction of sp³-hybridized carbons (Fsp3) is 0.263. The van der Waals surface area contributed by atoms with E-state index in [1.165, 1.54) is 13.4 Å². The van der Waals surface area contributed by atoms with Gasteiger partial charge in [-0.2, -0.15) is 0 Å². The van der Waals surface area contributed by atoms with Crippen molar-refractivity contribution in [2.75, 3.05) is 30.4 Å². The largest absolute Gasteiger partial charge is 0.496 e. The van der Waals surface area contributed by atoms with E-state index >= 15 is 0 Å². The van der Waals surface area contributed by atoms with Crippen LogP contribution in [-0.2, 0) is 0 Å². The second-order valence-corrected chi connectivity index (χ2v) is 6.89. The van der Waals surface area contributed by atoms with E-state index in [0.717, 1.165) is 37.3 Å². The Hall–Kier alpha value is -3.13. The van der Waals surface area contributed by atoms with E-state index in [9.17, 15) is 4.79 Å². The molecule has 1 aliphatic heterocycles. The van der Waals surface area contributed by atoms with Crippen molar-refractivity contribution >= 4 is 28.9 Å². The lowest BCUT2D eigenvalue weighted by atomic mass is 10.1. The van der Waals surface area contributed by atoms with Gasteiger partial charge in [0, 0.05) is 18.1 Å². The molecular weight excluding hydrogens is 380 g/mol. The number of tetrazole rings is 1. The minimum Gasteiger partial charge on any atom is -0.496 e. The Labute approximate surface area is 167 Å². The van der Waals surface area contributed by atoms with Crippen molar-refractivity contribution in [1.82, 2.24) is 20.2 Å². The number of anilines is 2. The Bertz CT molecular complexity index is 986. The van der Waals surface area contributed by atoms with Gasteiger partial charge < -0.3 is 15.0 Å². The lowest BCUT2D eigenvalue weighted by Gasteiger charge is -2.22. The molecule has 3 aromatic rings. The molecule has 9 heteroatoms. The first-order valence-electron chi connectivity index (χ1n) is 8.93. The van der Waals surface area contributed by atoms with Gasteiger partial charge in [0.25, 0.3) is 5.91 Å². The number of carbonyl (C=O) groups is 1. The van der Waals surface area contributed by atoms with E-state index in [-0.39, 0.29) is 5.91 Å². The second-order valence-electron chi connectivity index (χ2n) is 6.45. The molecule has 2 aromatic carbocycles. The van der Waals surface area contributed by atoms with Crippen molar-refractivity contribution in [2.45, 2.75) is 12.8 Å². The Kier molecular flexibility index (Phi) is 5.12. The summed E-state index contributed by atoms with van der Waals surface area (Å²) in [6.45, 7) is 1.91. The van der Waals surface area contributed by atoms with Gasteiger partial charge in [-0.25, -0.2) is 4.68 Å². The molecule has 1 N–H and O–H groups in total. The molecule has 8 nitrogen and oxygen atoms in total. The number of rotatable bonds is 5. The number of hydrogen-bond donors (Lipinski definition) is 1. The molecule has 144 valence electrons. The number of amides is 1. The van der Waals surface area contributed by atoms with Crippen LogP contribution < -0.4 is 15.0 Å². The molecule has 2 heterocycles. The highest BCUT2D eigenvalue weighted by atomic mass is 35.5. The van der Waals surface area contributed by atoms with Crippen LogP contribution in [0.4, 0.5) is 11.4 Å². The standard InChI is InChI=1S/C19H19ClN6O2/c1-28-18-10-13(20)4-6-15(18)19(27)22-16-11-14(26-12-21-23-24-26)5-7-17(16)25-8-2-3-9-25/h4-7,10-12H,2-3,8-9H2,1H3,(H,22,27). The van der Waals surface area contributed by atoms with Gasteiger partial charge in [0.05, 0.1) is 29.7 Å². The minimum atomic E-state index is -0.275. The molecule has 1 aromatic heterocycles. The first kappa shape index (κ1) is 18.2. The molecule has 1 saturated heterocycles. The summed E-state index contributed by atoms with van der Waals surface area (Å²) in [5.41, 5.74) is 2.82. The van der Waals surface area contributed by atoms with Gasteiger partial charge in [-0.3, -0.25) is 4.79 Å².